The van der Waals surface area contributed by atoms with E-state index in [0.29, 0.717) is 31.6 Å². The summed E-state index contributed by atoms with van der Waals surface area (Å²) in [7, 11) is 1.55. The molecular weight excluding hydrogens is 286 g/mol. The van der Waals surface area contributed by atoms with Gasteiger partial charge in [-0.1, -0.05) is 0 Å². The SMILES string of the molecule is COCCNC(=O)CNC(=O)c1ccc2c(c1)CCC(=O)N2. The Morgan fingerprint density at radius 2 is 2.09 bits per heavy atom. The van der Waals surface area contributed by atoms with E-state index >= 15 is 0 Å². The third kappa shape index (κ3) is 4.29. The van der Waals surface area contributed by atoms with Gasteiger partial charge in [0.1, 0.15) is 0 Å². The molecule has 1 aromatic rings. The average molecular weight is 305 g/mol. The Kier molecular flexibility index (Phi) is 5.48. The molecular formula is C15H19N3O4. The number of anilines is 1. The Hall–Kier alpha value is -2.41. The van der Waals surface area contributed by atoms with Crippen LogP contribution >= 0.6 is 0 Å². The number of rotatable bonds is 6. The maximum Gasteiger partial charge on any atom is 0.251 e. The van der Waals surface area contributed by atoms with Gasteiger partial charge in [0.05, 0.1) is 13.2 Å². The lowest BCUT2D eigenvalue weighted by atomic mass is 10.00. The predicted molar refractivity (Wildman–Crippen MR) is 80.6 cm³/mol. The van der Waals surface area contributed by atoms with Gasteiger partial charge in [0.2, 0.25) is 11.8 Å². The lowest BCUT2D eigenvalue weighted by molar-refractivity contribution is -0.120. The second kappa shape index (κ2) is 7.56. The van der Waals surface area contributed by atoms with E-state index in [9.17, 15) is 14.4 Å². The number of benzene rings is 1. The minimum Gasteiger partial charge on any atom is -0.383 e. The average Bonchev–Trinajstić information content (AvgIpc) is 2.52. The largest absolute Gasteiger partial charge is 0.383 e. The molecule has 1 aliphatic heterocycles. The Balaban J connectivity index is 1.88. The summed E-state index contributed by atoms with van der Waals surface area (Å²) >= 11 is 0. The van der Waals surface area contributed by atoms with E-state index in [2.05, 4.69) is 16.0 Å². The number of carbonyl (C=O) groups excluding carboxylic acids is 3. The van der Waals surface area contributed by atoms with Gasteiger partial charge in [-0.2, -0.15) is 0 Å². The minimum absolute atomic E-state index is 0.0163. The molecule has 0 spiro atoms. The molecule has 1 heterocycles. The number of nitrogens with one attached hydrogen (secondary N) is 3. The Morgan fingerprint density at radius 3 is 2.86 bits per heavy atom. The molecule has 0 aromatic heterocycles. The fourth-order valence-corrected chi connectivity index (χ4v) is 2.14. The van der Waals surface area contributed by atoms with Crippen molar-refractivity contribution in [2.24, 2.45) is 0 Å². The normalized spacial score (nSPS) is 13.0. The van der Waals surface area contributed by atoms with E-state index in [-0.39, 0.29) is 24.3 Å². The molecule has 2 rings (SSSR count). The van der Waals surface area contributed by atoms with Crippen LogP contribution in [0.4, 0.5) is 5.69 Å². The smallest absolute Gasteiger partial charge is 0.251 e. The zero-order valence-electron chi connectivity index (χ0n) is 12.4. The molecule has 0 atom stereocenters. The highest BCUT2D eigenvalue weighted by molar-refractivity contribution is 5.99. The summed E-state index contributed by atoms with van der Waals surface area (Å²) in [6, 6.07) is 5.08. The first-order chi connectivity index (χ1) is 10.6. The Labute approximate surface area is 128 Å². The molecule has 0 radical (unpaired) electrons. The quantitative estimate of drug-likeness (QED) is 0.648. The first-order valence-electron chi connectivity index (χ1n) is 7.07. The monoisotopic (exact) mass is 305 g/mol. The summed E-state index contributed by atoms with van der Waals surface area (Å²) in [6.45, 7) is 0.746. The van der Waals surface area contributed by atoms with Gasteiger partial charge in [-0.25, -0.2) is 0 Å². The van der Waals surface area contributed by atoms with Crippen molar-refractivity contribution in [3.63, 3.8) is 0 Å². The van der Waals surface area contributed by atoms with Crippen LogP contribution in [0.25, 0.3) is 0 Å². The second-order valence-corrected chi connectivity index (χ2v) is 4.95. The van der Waals surface area contributed by atoms with E-state index in [1.54, 1.807) is 25.3 Å². The second-order valence-electron chi connectivity index (χ2n) is 4.95. The van der Waals surface area contributed by atoms with Crippen molar-refractivity contribution in [3.05, 3.63) is 29.3 Å². The van der Waals surface area contributed by atoms with Crippen LogP contribution < -0.4 is 16.0 Å². The lowest BCUT2D eigenvalue weighted by Gasteiger charge is -2.17. The molecule has 0 fully saturated rings. The number of hydrogen-bond acceptors (Lipinski definition) is 4. The van der Waals surface area contributed by atoms with E-state index in [0.717, 1.165) is 11.3 Å². The first kappa shape index (κ1) is 16.0. The number of methoxy groups -OCH3 is 1. The molecule has 7 nitrogen and oxygen atoms in total. The highest BCUT2D eigenvalue weighted by Gasteiger charge is 2.16. The first-order valence-corrected chi connectivity index (χ1v) is 7.07. The van der Waals surface area contributed by atoms with Crippen molar-refractivity contribution in [3.8, 4) is 0 Å². The molecule has 0 unspecified atom stereocenters. The summed E-state index contributed by atoms with van der Waals surface area (Å²) in [5.74, 6) is -0.602. The number of fused-ring (bicyclic) bond motifs is 1. The van der Waals surface area contributed by atoms with Gasteiger partial charge >= 0.3 is 0 Å². The van der Waals surface area contributed by atoms with E-state index < -0.39 is 0 Å². The molecule has 22 heavy (non-hydrogen) atoms. The molecule has 3 N–H and O–H groups in total. The summed E-state index contributed by atoms with van der Waals surface area (Å²) in [5.41, 5.74) is 2.14. The molecule has 0 saturated heterocycles. The number of hydrogen-bond donors (Lipinski definition) is 3. The van der Waals surface area contributed by atoms with Crippen molar-refractivity contribution in [2.45, 2.75) is 12.8 Å². The molecule has 1 aromatic carbocycles. The van der Waals surface area contributed by atoms with Crippen LogP contribution in [0.1, 0.15) is 22.3 Å². The lowest BCUT2D eigenvalue weighted by Crippen LogP contribution is -2.38. The minimum atomic E-state index is -0.318. The van der Waals surface area contributed by atoms with Crippen molar-refractivity contribution in [1.29, 1.82) is 0 Å². The van der Waals surface area contributed by atoms with Crippen LogP contribution in [-0.4, -0.2) is 44.5 Å². The van der Waals surface area contributed by atoms with Crippen LogP contribution in [0.5, 0.6) is 0 Å². The Morgan fingerprint density at radius 1 is 1.27 bits per heavy atom. The maximum absolute atomic E-state index is 12.0. The van der Waals surface area contributed by atoms with Crippen molar-refractivity contribution in [1.82, 2.24) is 10.6 Å². The van der Waals surface area contributed by atoms with Gasteiger partial charge in [0, 0.05) is 31.3 Å². The number of carbonyl (C=O) groups is 3. The molecule has 7 heteroatoms. The van der Waals surface area contributed by atoms with Crippen LogP contribution in [0.3, 0.4) is 0 Å². The van der Waals surface area contributed by atoms with Gasteiger partial charge in [-0.3, -0.25) is 14.4 Å². The number of ether oxygens (including phenoxy) is 1. The van der Waals surface area contributed by atoms with Gasteiger partial charge < -0.3 is 20.7 Å². The van der Waals surface area contributed by atoms with Crippen LogP contribution in [0, 0.1) is 0 Å². The van der Waals surface area contributed by atoms with Gasteiger partial charge in [0.15, 0.2) is 0 Å². The summed E-state index contributed by atoms with van der Waals surface area (Å²) < 4.78 is 4.82. The number of amides is 3. The van der Waals surface area contributed by atoms with Crippen LogP contribution in [0.2, 0.25) is 0 Å². The van der Waals surface area contributed by atoms with E-state index in [1.807, 2.05) is 0 Å². The number of aryl methyl sites for hydroxylation is 1. The van der Waals surface area contributed by atoms with Gasteiger partial charge in [-0.05, 0) is 30.2 Å². The van der Waals surface area contributed by atoms with Crippen LogP contribution in [0.15, 0.2) is 18.2 Å². The Bertz CT molecular complexity index is 586. The van der Waals surface area contributed by atoms with E-state index in [1.165, 1.54) is 0 Å². The van der Waals surface area contributed by atoms with Crippen molar-refractivity contribution < 1.29 is 19.1 Å². The molecule has 118 valence electrons. The zero-order valence-corrected chi connectivity index (χ0v) is 12.4. The molecule has 1 aliphatic rings. The van der Waals surface area contributed by atoms with Crippen molar-refractivity contribution >= 4 is 23.4 Å². The fraction of sp³-hybridized carbons (Fsp3) is 0.400. The molecule has 0 saturated carbocycles. The standard InChI is InChI=1S/C15H19N3O4/c1-22-7-6-16-14(20)9-17-15(21)11-2-4-12-10(8-11)3-5-13(19)18-12/h2,4,8H,3,5-7,9H2,1H3,(H,16,20)(H,17,21)(H,18,19). The van der Waals surface area contributed by atoms with E-state index in [4.69, 9.17) is 4.74 Å². The van der Waals surface area contributed by atoms with Crippen molar-refractivity contribution in [2.75, 3.05) is 32.1 Å². The highest BCUT2D eigenvalue weighted by atomic mass is 16.5. The molecule has 3 amide bonds. The predicted octanol–water partition coefficient (Wildman–Crippen LogP) is 0.0637. The summed E-state index contributed by atoms with van der Waals surface area (Å²) in [5, 5.41) is 7.94. The molecule has 0 aliphatic carbocycles. The fourth-order valence-electron chi connectivity index (χ4n) is 2.14. The third-order valence-corrected chi connectivity index (χ3v) is 3.30. The highest BCUT2D eigenvalue weighted by Crippen LogP contribution is 2.23. The summed E-state index contributed by atoms with van der Waals surface area (Å²) in [6.07, 6.45) is 1.03. The maximum atomic E-state index is 12.0. The molecule has 0 bridgehead atoms. The van der Waals surface area contributed by atoms with Crippen LogP contribution in [-0.2, 0) is 20.7 Å². The topological polar surface area (TPSA) is 96.5 Å². The van der Waals surface area contributed by atoms with Gasteiger partial charge in [-0.15, -0.1) is 0 Å². The zero-order chi connectivity index (χ0) is 15.9. The summed E-state index contributed by atoms with van der Waals surface area (Å²) in [4.78, 5) is 34.8. The van der Waals surface area contributed by atoms with Gasteiger partial charge in [0.25, 0.3) is 5.91 Å². The third-order valence-electron chi connectivity index (χ3n) is 3.30.